The molecule has 8 nitrogen and oxygen atoms in total. The molecule has 7 rings (SSSR count). The number of fused-ring (bicyclic) bond motifs is 4. The number of ketones is 2. The number of ether oxygens (including phenoxy) is 2. The number of methoxy groups -OCH3 is 2. The predicted molar refractivity (Wildman–Crippen MR) is 167 cm³/mol. The van der Waals surface area contributed by atoms with Crippen LogP contribution in [0.2, 0.25) is 0 Å². The van der Waals surface area contributed by atoms with Gasteiger partial charge in [0, 0.05) is 11.1 Å². The summed E-state index contributed by atoms with van der Waals surface area (Å²) in [6.07, 6.45) is 2.93. The van der Waals surface area contributed by atoms with Gasteiger partial charge in [0.1, 0.15) is 22.5 Å². The smallest absolute Gasteiger partial charge is 0.235 e. The van der Waals surface area contributed by atoms with E-state index >= 15 is 0 Å². The largest absolute Gasteiger partial charge is 0.495 e. The van der Waals surface area contributed by atoms with Crippen molar-refractivity contribution in [1.82, 2.24) is 0 Å². The second-order valence-corrected chi connectivity index (χ2v) is 9.80. The third kappa shape index (κ3) is 5.25. The average Bonchev–Trinajstić information content (AvgIpc) is 3.75. The van der Waals surface area contributed by atoms with Gasteiger partial charge in [-0.25, -0.2) is 0 Å². The molecule has 0 spiro atoms. The molecule has 0 saturated carbocycles. The second-order valence-electron chi connectivity index (χ2n) is 9.80. The highest BCUT2D eigenvalue weighted by molar-refractivity contribution is 6.15. The van der Waals surface area contributed by atoms with Crippen molar-refractivity contribution in [1.29, 1.82) is 0 Å². The van der Waals surface area contributed by atoms with E-state index in [-0.39, 0.29) is 29.2 Å². The van der Waals surface area contributed by atoms with Gasteiger partial charge in [-0.1, -0.05) is 60.7 Å². The molecule has 7 aromatic rings. The van der Waals surface area contributed by atoms with Gasteiger partial charge in [0.15, 0.2) is 17.3 Å². The molecule has 0 atom stereocenters. The zero-order valence-corrected chi connectivity index (χ0v) is 23.9. The zero-order chi connectivity index (χ0) is 30.6. The van der Waals surface area contributed by atoms with Crippen LogP contribution in [0, 0.1) is 0 Å². The number of Topliss-reactive ketones (excluding diaryl/α,β-unsaturated/α-hetero) is 2. The summed E-state index contributed by atoms with van der Waals surface area (Å²) < 4.78 is 27.3. The maximum atomic E-state index is 12.7. The Morgan fingerprint density at radius 1 is 0.636 bits per heavy atom. The predicted octanol–water partition coefficient (Wildman–Crippen LogP) is 8.11. The fourth-order valence-corrected chi connectivity index (χ4v) is 5.07. The summed E-state index contributed by atoms with van der Waals surface area (Å²) in [7, 11) is 2.97. The molecule has 3 aromatic heterocycles. The quantitative estimate of drug-likeness (QED) is 0.136. The molecule has 44 heavy (non-hydrogen) atoms. The van der Waals surface area contributed by atoms with Gasteiger partial charge in [-0.2, -0.15) is 0 Å². The van der Waals surface area contributed by atoms with E-state index in [1.165, 1.54) is 20.5 Å². The first-order chi connectivity index (χ1) is 21.5. The molecule has 4 aromatic carbocycles. The minimum absolute atomic E-state index is 0.189. The summed E-state index contributed by atoms with van der Waals surface area (Å²) in [5.41, 5.74) is 3.35. The molecular weight excluding hydrogens is 560 g/mol. The maximum Gasteiger partial charge on any atom is 0.235 e. The summed E-state index contributed by atoms with van der Waals surface area (Å²) in [6, 6.07) is 28.5. The van der Waals surface area contributed by atoms with E-state index in [0.717, 1.165) is 16.3 Å². The lowest BCUT2D eigenvalue weighted by molar-refractivity contribution is 0.0893. The van der Waals surface area contributed by atoms with Gasteiger partial charge in [0.2, 0.25) is 11.2 Å². The number of benzene rings is 4. The number of carbonyl (C=O) groups excluding carboxylic acids is 2. The molecule has 0 aliphatic rings. The lowest BCUT2D eigenvalue weighted by Gasteiger charge is -2.09. The molecular formula is C36H26O8. The molecule has 0 amide bonds. The first-order valence-electron chi connectivity index (χ1n) is 13.7. The summed E-state index contributed by atoms with van der Waals surface area (Å²) in [4.78, 5) is 37.3. The van der Waals surface area contributed by atoms with Gasteiger partial charge in [0.05, 0.1) is 54.9 Å². The van der Waals surface area contributed by atoms with Crippen LogP contribution in [-0.4, -0.2) is 25.8 Å². The van der Waals surface area contributed by atoms with Crippen LogP contribution in [0.15, 0.2) is 128 Å². The topological polar surface area (TPSA) is 109 Å². The van der Waals surface area contributed by atoms with E-state index < -0.39 is 0 Å². The van der Waals surface area contributed by atoms with Crippen molar-refractivity contribution in [2.45, 2.75) is 6.42 Å². The minimum atomic E-state index is -0.270. The van der Waals surface area contributed by atoms with Crippen LogP contribution in [0.3, 0.4) is 0 Å². The van der Waals surface area contributed by atoms with E-state index in [9.17, 15) is 14.4 Å². The zero-order valence-electron chi connectivity index (χ0n) is 23.9. The van der Waals surface area contributed by atoms with Crippen molar-refractivity contribution in [2.75, 3.05) is 14.2 Å². The molecule has 3 heterocycles. The van der Waals surface area contributed by atoms with Crippen molar-refractivity contribution >= 4 is 44.5 Å². The van der Waals surface area contributed by atoms with Crippen molar-refractivity contribution < 1.29 is 32.3 Å². The molecule has 0 unspecified atom stereocenters. The highest BCUT2D eigenvalue weighted by atomic mass is 16.5. The molecule has 0 aliphatic heterocycles. The van der Waals surface area contributed by atoms with Gasteiger partial charge in [0.25, 0.3) is 0 Å². The highest BCUT2D eigenvalue weighted by Gasteiger charge is 2.20. The maximum absolute atomic E-state index is 12.7. The molecule has 8 heteroatoms. The highest BCUT2D eigenvalue weighted by Crippen LogP contribution is 2.34. The van der Waals surface area contributed by atoms with Crippen molar-refractivity contribution in [3.05, 3.63) is 131 Å². The first-order valence-corrected chi connectivity index (χ1v) is 13.7. The van der Waals surface area contributed by atoms with Crippen LogP contribution >= 0.6 is 0 Å². The SMILES string of the molecule is COc1c(-c2ccccc2)oc2c(ccc3occc32)c1=O.COc1c(C(=O)CC(=O)c2ccccc2)ccc2occc12. The van der Waals surface area contributed by atoms with E-state index in [1.807, 2.05) is 36.4 Å². The van der Waals surface area contributed by atoms with Crippen LogP contribution in [0.4, 0.5) is 0 Å². The normalized spacial score (nSPS) is 10.9. The molecule has 0 N–H and O–H groups in total. The van der Waals surface area contributed by atoms with Gasteiger partial charge in [-0.3, -0.25) is 14.4 Å². The number of hydrogen-bond acceptors (Lipinski definition) is 8. The molecule has 0 saturated heterocycles. The van der Waals surface area contributed by atoms with Gasteiger partial charge in [-0.05, 0) is 36.4 Å². The Hall–Kier alpha value is -5.89. The standard InChI is InChI=1S/C18H12O4.C18H14O4/c1-20-18-15(19)13-7-8-14-12(9-10-21-14)17(13)22-16(18)11-5-3-2-4-6-11;1-21-18-13(7-8-17-14(18)9-10-22-17)16(20)11-15(19)12-5-3-2-4-6-12/h2-10H,1H3;2-10H,11H2,1H3. The monoisotopic (exact) mass is 586 g/mol. The van der Waals surface area contributed by atoms with Crippen LogP contribution < -0.4 is 14.9 Å². The third-order valence-corrected chi connectivity index (χ3v) is 7.19. The summed E-state index contributed by atoms with van der Waals surface area (Å²) in [5.74, 6) is 0.599. The molecule has 218 valence electrons. The summed E-state index contributed by atoms with van der Waals surface area (Å²) >= 11 is 0. The van der Waals surface area contributed by atoms with Crippen molar-refractivity contribution in [2.24, 2.45) is 0 Å². The number of carbonyl (C=O) groups is 2. The Bertz CT molecular complexity index is 2170. The lowest BCUT2D eigenvalue weighted by Crippen LogP contribution is -2.09. The van der Waals surface area contributed by atoms with Gasteiger partial charge >= 0.3 is 0 Å². The number of rotatable bonds is 7. The molecule has 0 bridgehead atoms. The summed E-state index contributed by atoms with van der Waals surface area (Å²) in [5, 5.41) is 1.97. The molecule has 0 fully saturated rings. The number of furan rings is 2. The average molecular weight is 587 g/mol. The van der Waals surface area contributed by atoms with Crippen LogP contribution in [0.25, 0.3) is 44.2 Å². The fourth-order valence-electron chi connectivity index (χ4n) is 5.07. The minimum Gasteiger partial charge on any atom is -0.495 e. The Morgan fingerprint density at radius 3 is 1.93 bits per heavy atom. The molecule has 0 radical (unpaired) electrons. The lowest BCUT2D eigenvalue weighted by atomic mass is 10.00. The fraction of sp³-hybridized carbons (Fsp3) is 0.0833. The van der Waals surface area contributed by atoms with Gasteiger partial charge < -0.3 is 22.7 Å². The van der Waals surface area contributed by atoms with Crippen LogP contribution in [-0.2, 0) is 0 Å². The summed E-state index contributed by atoms with van der Waals surface area (Å²) in [6.45, 7) is 0. The van der Waals surface area contributed by atoms with E-state index in [1.54, 1.807) is 66.9 Å². The van der Waals surface area contributed by atoms with E-state index in [0.29, 0.717) is 44.8 Å². The Balaban J connectivity index is 0.000000156. The van der Waals surface area contributed by atoms with E-state index in [2.05, 4.69) is 0 Å². The second kappa shape index (κ2) is 12.1. The number of hydrogen-bond donors (Lipinski definition) is 0. The van der Waals surface area contributed by atoms with Crippen molar-refractivity contribution in [3.8, 4) is 22.8 Å². The van der Waals surface area contributed by atoms with Crippen LogP contribution in [0.5, 0.6) is 11.5 Å². The Labute approximate surface area is 251 Å². The van der Waals surface area contributed by atoms with Crippen molar-refractivity contribution in [3.63, 3.8) is 0 Å². The van der Waals surface area contributed by atoms with Crippen LogP contribution in [0.1, 0.15) is 27.1 Å². The first kappa shape index (κ1) is 28.2. The van der Waals surface area contributed by atoms with E-state index in [4.69, 9.17) is 22.7 Å². The Kier molecular flexibility index (Phi) is 7.80. The van der Waals surface area contributed by atoms with Gasteiger partial charge in [-0.15, -0.1) is 0 Å². The third-order valence-electron chi connectivity index (χ3n) is 7.19. The molecule has 0 aliphatic carbocycles. The Morgan fingerprint density at radius 2 is 1.25 bits per heavy atom.